The zero-order valence-electron chi connectivity index (χ0n) is 9.35. The molecule has 17 heavy (non-hydrogen) atoms. The fourth-order valence-corrected chi connectivity index (χ4v) is 1.60. The molecule has 0 radical (unpaired) electrons. The van der Waals surface area contributed by atoms with Gasteiger partial charge in [0.1, 0.15) is 0 Å². The van der Waals surface area contributed by atoms with Gasteiger partial charge in [0.25, 0.3) is 5.91 Å². The van der Waals surface area contributed by atoms with Crippen molar-refractivity contribution in [3.05, 3.63) is 59.5 Å². The summed E-state index contributed by atoms with van der Waals surface area (Å²) in [5.41, 5.74) is 7.68. The minimum Gasteiger partial charge on any atom is -0.459 e. The number of nitrogens with two attached hydrogens (primary N) is 1. The molecule has 1 amide bonds. The number of rotatable bonds is 4. The van der Waals surface area contributed by atoms with Crippen LogP contribution in [0.2, 0.25) is 0 Å². The summed E-state index contributed by atoms with van der Waals surface area (Å²) in [5.74, 6) is 0.0945. The van der Waals surface area contributed by atoms with Gasteiger partial charge in [0.15, 0.2) is 5.76 Å². The summed E-state index contributed by atoms with van der Waals surface area (Å²) in [6.07, 6.45) is 1.47. The molecule has 0 bridgehead atoms. The van der Waals surface area contributed by atoms with Crippen molar-refractivity contribution in [3.63, 3.8) is 0 Å². The van der Waals surface area contributed by atoms with Crippen LogP contribution in [0.5, 0.6) is 0 Å². The van der Waals surface area contributed by atoms with Crippen molar-refractivity contribution in [2.75, 3.05) is 0 Å². The van der Waals surface area contributed by atoms with Gasteiger partial charge in [0.2, 0.25) is 0 Å². The lowest BCUT2D eigenvalue weighted by Crippen LogP contribution is -2.23. The molecule has 0 aliphatic rings. The van der Waals surface area contributed by atoms with Gasteiger partial charge < -0.3 is 15.5 Å². The number of hydrogen-bond acceptors (Lipinski definition) is 3. The highest BCUT2D eigenvalue weighted by Gasteiger charge is 2.08. The number of hydrogen-bond donors (Lipinski definition) is 2. The first-order chi connectivity index (χ1) is 8.31. The van der Waals surface area contributed by atoms with E-state index < -0.39 is 0 Å². The molecule has 0 unspecified atom stereocenters. The van der Waals surface area contributed by atoms with Gasteiger partial charge in [-0.05, 0) is 23.3 Å². The molecule has 2 aromatic rings. The molecular weight excluding hydrogens is 216 g/mol. The molecular formula is C13H14N2O2. The van der Waals surface area contributed by atoms with Gasteiger partial charge in [-0.25, -0.2) is 0 Å². The average Bonchev–Trinajstić information content (AvgIpc) is 2.90. The highest BCUT2D eigenvalue weighted by molar-refractivity contribution is 5.91. The van der Waals surface area contributed by atoms with Crippen LogP contribution >= 0.6 is 0 Å². The molecule has 1 aromatic heterocycles. The lowest BCUT2D eigenvalue weighted by molar-refractivity contribution is 0.0923. The van der Waals surface area contributed by atoms with Crippen LogP contribution in [0.3, 0.4) is 0 Å². The lowest BCUT2D eigenvalue weighted by atomic mass is 10.1. The molecule has 0 spiro atoms. The van der Waals surface area contributed by atoms with Crippen molar-refractivity contribution in [2.24, 2.45) is 5.73 Å². The van der Waals surface area contributed by atoms with E-state index in [0.717, 1.165) is 11.1 Å². The Hall–Kier alpha value is -2.07. The molecule has 2 rings (SSSR count). The Kier molecular flexibility index (Phi) is 3.57. The zero-order chi connectivity index (χ0) is 12.1. The van der Waals surface area contributed by atoms with Crippen molar-refractivity contribution in [1.29, 1.82) is 0 Å². The van der Waals surface area contributed by atoms with E-state index in [4.69, 9.17) is 10.2 Å². The van der Waals surface area contributed by atoms with Crippen LogP contribution in [0.4, 0.5) is 0 Å². The highest BCUT2D eigenvalue weighted by Crippen LogP contribution is 2.08. The van der Waals surface area contributed by atoms with Crippen molar-refractivity contribution < 1.29 is 9.21 Å². The molecule has 0 fully saturated rings. The first-order valence-electron chi connectivity index (χ1n) is 5.40. The molecule has 0 aliphatic carbocycles. The number of benzene rings is 1. The van der Waals surface area contributed by atoms with Crippen molar-refractivity contribution in [1.82, 2.24) is 5.32 Å². The summed E-state index contributed by atoms with van der Waals surface area (Å²) >= 11 is 0. The monoisotopic (exact) mass is 230 g/mol. The minimum atomic E-state index is -0.221. The fourth-order valence-electron chi connectivity index (χ4n) is 1.60. The predicted octanol–water partition coefficient (Wildman–Crippen LogP) is 1.67. The highest BCUT2D eigenvalue weighted by atomic mass is 16.3. The Bertz CT molecular complexity index is 492. The van der Waals surface area contributed by atoms with Gasteiger partial charge in [-0.3, -0.25) is 4.79 Å². The second-order valence-corrected chi connectivity index (χ2v) is 3.63. The van der Waals surface area contributed by atoms with Crippen LogP contribution in [0.15, 0.2) is 47.1 Å². The first kappa shape index (κ1) is 11.4. The Morgan fingerprint density at radius 2 is 1.94 bits per heavy atom. The van der Waals surface area contributed by atoms with E-state index >= 15 is 0 Å². The SMILES string of the molecule is NCc1ccccc1CNC(=O)c1ccco1. The van der Waals surface area contributed by atoms with Crippen LogP contribution in [0.1, 0.15) is 21.7 Å². The smallest absolute Gasteiger partial charge is 0.287 e. The largest absolute Gasteiger partial charge is 0.459 e. The maximum Gasteiger partial charge on any atom is 0.287 e. The van der Waals surface area contributed by atoms with E-state index in [1.165, 1.54) is 6.26 Å². The Balaban J connectivity index is 2.00. The summed E-state index contributed by atoms with van der Waals surface area (Å²) < 4.78 is 5.00. The van der Waals surface area contributed by atoms with Crippen molar-refractivity contribution in [2.45, 2.75) is 13.1 Å². The third-order valence-electron chi connectivity index (χ3n) is 2.52. The molecule has 88 valence electrons. The van der Waals surface area contributed by atoms with Gasteiger partial charge in [-0.1, -0.05) is 24.3 Å². The summed E-state index contributed by atoms with van der Waals surface area (Å²) in [7, 11) is 0. The molecule has 0 saturated heterocycles. The predicted molar refractivity (Wildman–Crippen MR) is 64.2 cm³/mol. The molecule has 4 nitrogen and oxygen atoms in total. The number of amides is 1. The maximum atomic E-state index is 11.6. The van der Waals surface area contributed by atoms with Crippen molar-refractivity contribution >= 4 is 5.91 Å². The number of carbonyl (C=O) groups excluding carboxylic acids is 1. The van der Waals surface area contributed by atoms with E-state index in [0.29, 0.717) is 18.8 Å². The number of nitrogens with one attached hydrogen (secondary N) is 1. The van der Waals surface area contributed by atoms with Crippen LogP contribution in [0.25, 0.3) is 0 Å². The second-order valence-electron chi connectivity index (χ2n) is 3.63. The number of furan rings is 1. The fraction of sp³-hybridized carbons (Fsp3) is 0.154. The third-order valence-corrected chi connectivity index (χ3v) is 2.52. The first-order valence-corrected chi connectivity index (χ1v) is 5.40. The van der Waals surface area contributed by atoms with Crippen LogP contribution in [0, 0.1) is 0 Å². The van der Waals surface area contributed by atoms with Gasteiger partial charge in [0.05, 0.1) is 6.26 Å². The van der Waals surface area contributed by atoms with E-state index in [9.17, 15) is 4.79 Å². The summed E-state index contributed by atoms with van der Waals surface area (Å²) in [4.78, 5) is 11.6. The van der Waals surface area contributed by atoms with Crippen LogP contribution in [-0.2, 0) is 13.1 Å². The van der Waals surface area contributed by atoms with E-state index in [1.54, 1.807) is 12.1 Å². The lowest BCUT2D eigenvalue weighted by Gasteiger charge is -2.08. The van der Waals surface area contributed by atoms with Gasteiger partial charge in [0, 0.05) is 13.1 Å². The zero-order valence-corrected chi connectivity index (χ0v) is 9.35. The Morgan fingerprint density at radius 1 is 1.18 bits per heavy atom. The van der Waals surface area contributed by atoms with Crippen LogP contribution in [-0.4, -0.2) is 5.91 Å². The molecule has 1 aromatic carbocycles. The summed E-state index contributed by atoms with van der Waals surface area (Å²) in [5, 5.41) is 2.79. The standard InChI is InChI=1S/C13H14N2O2/c14-8-10-4-1-2-5-11(10)9-15-13(16)12-6-3-7-17-12/h1-7H,8-9,14H2,(H,15,16). The van der Waals surface area contributed by atoms with Gasteiger partial charge in [-0.2, -0.15) is 0 Å². The van der Waals surface area contributed by atoms with Crippen LogP contribution < -0.4 is 11.1 Å². The van der Waals surface area contributed by atoms with Gasteiger partial charge >= 0.3 is 0 Å². The maximum absolute atomic E-state index is 11.6. The normalized spacial score (nSPS) is 10.2. The Morgan fingerprint density at radius 3 is 2.59 bits per heavy atom. The second kappa shape index (κ2) is 5.32. The Labute approximate surface area is 99.4 Å². The minimum absolute atomic E-state index is 0.221. The molecule has 1 heterocycles. The molecule has 3 N–H and O–H groups in total. The summed E-state index contributed by atoms with van der Waals surface area (Å²) in [6.45, 7) is 0.916. The number of carbonyl (C=O) groups is 1. The summed E-state index contributed by atoms with van der Waals surface area (Å²) in [6, 6.07) is 11.1. The van der Waals surface area contributed by atoms with E-state index in [1.807, 2.05) is 24.3 Å². The third kappa shape index (κ3) is 2.73. The van der Waals surface area contributed by atoms with Crippen molar-refractivity contribution in [3.8, 4) is 0 Å². The van der Waals surface area contributed by atoms with E-state index in [2.05, 4.69) is 5.32 Å². The van der Waals surface area contributed by atoms with Gasteiger partial charge in [-0.15, -0.1) is 0 Å². The van der Waals surface area contributed by atoms with E-state index in [-0.39, 0.29) is 5.91 Å². The topological polar surface area (TPSA) is 68.3 Å². The molecule has 4 heteroatoms. The molecule has 0 atom stereocenters. The molecule has 0 saturated carbocycles. The average molecular weight is 230 g/mol. The quantitative estimate of drug-likeness (QED) is 0.839. The molecule has 0 aliphatic heterocycles.